The topological polar surface area (TPSA) is 50.9 Å². The maximum Gasteiger partial charge on any atom is 0.149 e. The van der Waals surface area contributed by atoms with Crippen molar-refractivity contribution in [2.24, 2.45) is 0 Å². The summed E-state index contributed by atoms with van der Waals surface area (Å²) < 4.78 is 164. The van der Waals surface area contributed by atoms with Crippen LogP contribution in [0.25, 0.3) is 72.7 Å². The van der Waals surface area contributed by atoms with Gasteiger partial charge in [0.25, 0.3) is 0 Å². The van der Waals surface area contributed by atoms with E-state index in [1.807, 2.05) is 33.8 Å². The first-order chi connectivity index (χ1) is 35.0. The van der Waals surface area contributed by atoms with Crippen molar-refractivity contribution in [1.82, 2.24) is 14.5 Å². The van der Waals surface area contributed by atoms with E-state index in [0.29, 0.717) is 44.5 Å². The maximum atomic E-state index is 11.9. The van der Waals surface area contributed by atoms with Crippen molar-refractivity contribution >= 4 is 11.0 Å². The van der Waals surface area contributed by atoms with Gasteiger partial charge in [0.2, 0.25) is 0 Å². The first-order valence-electron chi connectivity index (χ1n) is 27.8. The van der Waals surface area contributed by atoms with Crippen LogP contribution in [0.4, 0.5) is 0 Å². The highest BCUT2D eigenvalue weighted by molar-refractivity contribution is 5.98. The molecular formula is C53H51N3O. The molecule has 57 heavy (non-hydrogen) atoms. The molecule has 0 aliphatic rings. The molecule has 0 spiro atoms. The molecule has 2 heterocycles. The maximum absolute atomic E-state index is 11.9. The molecule has 6 aromatic carbocycles. The van der Waals surface area contributed by atoms with Crippen molar-refractivity contribution in [3.63, 3.8) is 0 Å². The highest BCUT2D eigenvalue weighted by Crippen LogP contribution is 2.43. The number of phenolic OH excluding ortho intramolecular Hbond substituents is 1. The quantitative estimate of drug-likeness (QED) is 0.183. The Balaban J connectivity index is 1.47. The third-order valence-corrected chi connectivity index (χ3v) is 9.98. The van der Waals surface area contributed by atoms with Crippen LogP contribution in [-0.2, 0) is 10.8 Å². The second-order valence-electron chi connectivity index (χ2n) is 15.3. The van der Waals surface area contributed by atoms with Crippen LogP contribution in [0.15, 0.2) is 139 Å². The lowest BCUT2D eigenvalue weighted by Gasteiger charge is -2.23. The van der Waals surface area contributed by atoms with Gasteiger partial charge < -0.3 is 5.11 Å². The van der Waals surface area contributed by atoms with Gasteiger partial charge in [-0.15, -0.1) is 0 Å². The summed E-state index contributed by atoms with van der Waals surface area (Å²) in [6.07, 6.45) is -0.659. The van der Waals surface area contributed by atoms with Gasteiger partial charge >= 0.3 is 0 Å². The number of aromatic nitrogens is 3. The SMILES string of the molecule is [2H]c1nc(-c2cc(-c3cccc4c3nc(-c3cc(C)cc(C)c3O)n4-c3ccc(C(C([2H])([2H])[2H])(C([2H])([2H])[2H])C([2H])([2H])[2H])cc3-c3ccccc3)cc(C(C)(C)C)c2)c([2H])c(-c2c([2H])c([2H])c(C([2H])([2H])[2H])c([2H])c2[2H])c1[2H]. The number of hydrogen-bond acceptors (Lipinski definition) is 3. The minimum absolute atomic E-state index is 0.117. The lowest BCUT2D eigenvalue weighted by atomic mass is 9.83. The number of imidazole rings is 1. The summed E-state index contributed by atoms with van der Waals surface area (Å²) >= 11 is 0. The first-order valence-corrected chi connectivity index (χ1v) is 18.3. The van der Waals surface area contributed by atoms with Crippen LogP contribution < -0.4 is 0 Å². The molecule has 0 atom stereocenters. The number of pyridine rings is 1. The summed E-state index contributed by atoms with van der Waals surface area (Å²) in [5.41, 5.74) is -1.15. The number of fused-ring (bicyclic) bond motifs is 1. The summed E-state index contributed by atoms with van der Waals surface area (Å²) in [7, 11) is 0. The Morgan fingerprint density at radius 2 is 1.40 bits per heavy atom. The molecule has 1 N–H and O–H groups in total. The van der Waals surface area contributed by atoms with Gasteiger partial charge in [0, 0.05) is 39.3 Å². The number of para-hydroxylation sites is 1. The number of nitrogens with zero attached hydrogens (tertiary/aromatic N) is 3. The Hall–Kier alpha value is -6.26. The average Bonchev–Trinajstić information content (AvgIpc) is 3.69. The van der Waals surface area contributed by atoms with E-state index in [0.717, 1.165) is 5.56 Å². The Morgan fingerprint density at radius 3 is 2.14 bits per heavy atom. The molecule has 4 nitrogen and oxygen atoms in total. The van der Waals surface area contributed by atoms with E-state index in [1.165, 1.54) is 18.2 Å². The van der Waals surface area contributed by atoms with Gasteiger partial charge in [-0.1, -0.05) is 132 Å². The van der Waals surface area contributed by atoms with E-state index in [2.05, 4.69) is 4.98 Å². The number of rotatable bonds is 6. The van der Waals surface area contributed by atoms with Crippen LogP contribution in [-0.4, -0.2) is 19.6 Å². The van der Waals surface area contributed by atoms with Gasteiger partial charge in [0.05, 0.1) is 37.6 Å². The van der Waals surface area contributed by atoms with E-state index in [9.17, 15) is 6.48 Å². The zero-order chi connectivity index (χ0) is 56.3. The van der Waals surface area contributed by atoms with Crippen molar-refractivity contribution in [3.05, 3.63) is 167 Å². The number of benzene rings is 6. The molecular weight excluding hydrogens is 695 g/mol. The Morgan fingerprint density at radius 1 is 0.632 bits per heavy atom. The number of hydrogen-bond donors (Lipinski definition) is 1. The molecule has 0 saturated heterocycles. The van der Waals surface area contributed by atoms with Crippen molar-refractivity contribution in [2.45, 2.75) is 72.9 Å². The molecule has 0 saturated carbocycles. The minimum Gasteiger partial charge on any atom is -0.507 e. The first kappa shape index (κ1) is 21.3. The van der Waals surface area contributed by atoms with Gasteiger partial charge in [-0.05, 0) is 125 Å². The van der Waals surface area contributed by atoms with Crippen LogP contribution in [0.2, 0.25) is 0 Å². The van der Waals surface area contributed by atoms with Crippen LogP contribution in [0.1, 0.15) is 95.2 Å². The Kier molecular flexibility index (Phi) is 5.37. The predicted molar refractivity (Wildman–Crippen MR) is 239 cm³/mol. The summed E-state index contributed by atoms with van der Waals surface area (Å²) in [5.74, 6) is 0.0696. The van der Waals surface area contributed by atoms with E-state index in [4.69, 9.17) is 29.7 Å². The molecule has 0 bridgehead atoms. The molecule has 0 aliphatic heterocycles. The predicted octanol–water partition coefficient (Wildman–Crippen LogP) is 14.0. The van der Waals surface area contributed by atoms with Gasteiger partial charge in [0.15, 0.2) is 0 Å². The monoisotopic (exact) mass is 765 g/mol. The van der Waals surface area contributed by atoms with Gasteiger partial charge in [0.1, 0.15) is 11.6 Å². The average molecular weight is 765 g/mol. The second kappa shape index (κ2) is 14.4. The van der Waals surface area contributed by atoms with Crippen molar-refractivity contribution in [1.29, 1.82) is 0 Å². The van der Waals surface area contributed by atoms with Crippen molar-refractivity contribution in [2.75, 3.05) is 0 Å². The molecule has 2 aromatic heterocycles. The van der Waals surface area contributed by atoms with E-state index < -0.39 is 103 Å². The molecule has 0 aliphatic carbocycles. The fourth-order valence-electron chi connectivity index (χ4n) is 7.07. The standard InChI is InChI=1S/C53H51N3O/c1-33-18-20-36(21-19-33)38-24-25-54-46(31-38)40-28-39(29-42(30-40)53(7,8)9)43-16-13-17-48-49(43)55-51(45-27-34(2)26-35(3)50(45)57)56(48)47-23-22-41(52(4,5)6)32-44(47)37-14-11-10-12-15-37/h10-32,57H,1-9H3/i1D3,4D3,5D3,6D3,18D,19D,20D,21D,24D,25D,31D. The van der Waals surface area contributed by atoms with Gasteiger partial charge in [-0.3, -0.25) is 9.55 Å². The highest BCUT2D eigenvalue weighted by Gasteiger charge is 2.25. The molecule has 8 aromatic rings. The lowest BCUT2D eigenvalue weighted by Crippen LogP contribution is -2.12. The Labute approximate surface area is 364 Å². The van der Waals surface area contributed by atoms with Crippen molar-refractivity contribution < 1.29 is 31.2 Å². The van der Waals surface area contributed by atoms with Crippen molar-refractivity contribution in [3.8, 4) is 67.5 Å². The molecule has 0 radical (unpaired) electrons. The van der Waals surface area contributed by atoms with Crippen LogP contribution >= 0.6 is 0 Å². The zero-order valence-corrected chi connectivity index (χ0v) is 32.0. The second-order valence-corrected chi connectivity index (χ2v) is 15.3. The summed E-state index contributed by atoms with van der Waals surface area (Å²) in [4.78, 5) is 9.64. The van der Waals surface area contributed by atoms with Crippen LogP contribution in [0.5, 0.6) is 5.75 Å². The Bertz CT molecular complexity index is 3580. The number of aromatic hydroxyl groups is 1. The smallest absolute Gasteiger partial charge is 0.149 e. The van der Waals surface area contributed by atoms with Crippen LogP contribution in [0.3, 0.4) is 0 Å². The molecule has 284 valence electrons. The van der Waals surface area contributed by atoms with Gasteiger partial charge in [-0.25, -0.2) is 4.98 Å². The van der Waals surface area contributed by atoms with E-state index in [-0.39, 0.29) is 34.0 Å². The molecule has 4 heteroatoms. The highest BCUT2D eigenvalue weighted by atomic mass is 16.3. The molecule has 0 unspecified atom stereocenters. The minimum atomic E-state index is -3.56. The summed E-state index contributed by atoms with van der Waals surface area (Å²) in [6, 6.07) is 22.1. The van der Waals surface area contributed by atoms with Gasteiger partial charge in [-0.2, -0.15) is 0 Å². The van der Waals surface area contributed by atoms with E-state index >= 15 is 0 Å². The fraction of sp³-hybridized carbons (Fsp3) is 0.208. The summed E-state index contributed by atoms with van der Waals surface area (Å²) in [5, 5.41) is 11.9. The third-order valence-electron chi connectivity index (χ3n) is 9.98. The molecule has 0 fully saturated rings. The third kappa shape index (κ3) is 7.29. The summed E-state index contributed by atoms with van der Waals surface area (Å²) in [6.45, 7) is -4.31. The number of phenols is 1. The zero-order valence-electron chi connectivity index (χ0n) is 51.0. The normalized spacial score (nSPS) is 17.7. The fourth-order valence-corrected chi connectivity index (χ4v) is 7.07. The lowest BCUT2D eigenvalue weighted by molar-refractivity contribution is 0.472. The largest absolute Gasteiger partial charge is 0.507 e. The molecule has 8 rings (SSSR count). The van der Waals surface area contributed by atoms with E-state index in [1.54, 1.807) is 84.3 Å². The molecule has 0 amide bonds. The number of aryl methyl sites for hydroxylation is 2. The van der Waals surface area contributed by atoms with Crippen LogP contribution in [0, 0.1) is 20.7 Å².